The lowest BCUT2D eigenvalue weighted by molar-refractivity contribution is 0.518. The second kappa shape index (κ2) is 18.9. The van der Waals surface area contributed by atoms with Crippen molar-refractivity contribution < 1.29 is 27.9 Å². The zero-order valence-electron chi connectivity index (χ0n) is 37.9. The number of nitrogens with zero attached hydrogens (tertiary/aromatic N) is 1. The van der Waals surface area contributed by atoms with Crippen molar-refractivity contribution in [2.24, 2.45) is 0 Å². The molecule has 0 N–H and O–H groups in total. The summed E-state index contributed by atoms with van der Waals surface area (Å²) in [6, 6.07) is 74.1. The van der Waals surface area contributed by atoms with Crippen LogP contribution in [-0.4, -0.2) is 21.4 Å². The molecule has 0 radical (unpaired) electrons. The number of rotatable bonds is 12. The lowest BCUT2D eigenvalue weighted by Crippen LogP contribution is -2.38. The first-order valence-corrected chi connectivity index (χ1v) is 23.3. The minimum Gasteiger partial charge on any atom is -0.519 e. The quantitative estimate of drug-likeness (QED) is 0.0894. The average molecular weight is 905 g/mol. The fraction of sp³-hybridized carbons (Fsp3) is 0. The van der Waals surface area contributed by atoms with Crippen LogP contribution in [0.5, 0.6) is 34.5 Å². The Bertz CT molecular complexity index is 2940. The highest BCUT2D eigenvalue weighted by Crippen LogP contribution is 2.37. The third-order valence-electron chi connectivity index (χ3n) is 12.4. The zero-order valence-corrected chi connectivity index (χ0v) is 37.9. The van der Waals surface area contributed by atoms with Crippen molar-refractivity contribution in [1.29, 1.82) is 0 Å². The van der Waals surface area contributed by atoms with E-state index in [1.54, 1.807) is 0 Å². The fourth-order valence-corrected chi connectivity index (χ4v) is 8.63. The number of hydrogen-bond acceptors (Lipinski definition) is 7. The number of fused-ring (bicyclic) bond motifs is 3. The van der Waals surface area contributed by atoms with Crippen molar-refractivity contribution in [1.82, 2.24) is 0 Å². The van der Waals surface area contributed by atoms with Gasteiger partial charge in [0.05, 0.1) is 0 Å². The molecule has 0 saturated carbocycles. The lowest BCUT2D eigenvalue weighted by Gasteiger charge is -2.26. The Morgan fingerprint density at radius 1 is 0.229 bits per heavy atom. The molecule has 0 amide bonds. The fourth-order valence-electron chi connectivity index (χ4n) is 8.63. The summed E-state index contributed by atoms with van der Waals surface area (Å²) in [5.74, 6) is 4.59. The third-order valence-corrected chi connectivity index (χ3v) is 12.4. The minimum atomic E-state index is -0.445. The van der Waals surface area contributed by atoms with Crippen LogP contribution in [0.2, 0.25) is 0 Å². The van der Waals surface area contributed by atoms with Crippen molar-refractivity contribution in [2.45, 2.75) is 0 Å². The van der Waals surface area contributed by atoms with Crippen molar-refractivity contribution in [3.05, 3.63) is 252 Å². The average Bonchev–Trinajstić information content (AvgIpc) is 4.19. The van der Waals surface area contributed by atoms with Gasteiger partial charge in [-0.2, -0.15) is 0 Å². The highest BCUT2D eigenvalue weighted by Gasteiger charge is 2.35. The maximum Gasteiger partial charge on any atom is 0.632 e. The first-order chi connectivity index (χ1) is 34.6. The Morgan fingerprint density at radius 2 is 0.414 bits per heavy atom. The van der Waals surface area contributed by atoms with E-state index in [-0.39, 0.29) is 0 Å². The van der Waals surface area contributed by atoms with E-state index in [0.717, 1.165) is 101 Å². The molecule has 3 heterocycles. The summed E-state index contributed by atoms with van der Waals surface area (Å²) >= 11 is 0. The van der Waals surface area contributed by atoms with Gasteiger partial charge in [0.25, 0.3) is 0 Å². The van der Waals surface area contributed by atoms with Crippen LogP contribution in [0.1, 0.15) is 33.4 Å². The summed E-state index contributed by atoms with van der Waals surface area (Å²) < 4.78 is 36.1. The van der Waals surface area contributed by atoms with Crippen molar-refractivity contribution in [3.8, 4) is 34.5 Å². The molecule has 9 aromatic carbocycles. The van der Waals surface area contributed by atoms with Crippen LogP contribution < -0.4 is 49.2 Å². The number of anilines is 3. The molecule has 7 nitrogen and oxygen atoms in total. The Labute approximate surface area is 408 Å². The van der Waals surface area contributed by atoms with Gasteiger partial charge in [0.2, 0.25) is 0 Å². The highest BCUT2D eigenvalue weighted by molar-refractivity contribution is 6.64. The second-order valence-corrected chi connectivity index (χ2v) is 17.2. The molecule has 0 fully saturated rings. The lowest BCUT2D eigenvalue weighted by atomic mass is 9.79. The molecule has 3 aliphatic heterocycles. The first-order valence-electron chi connectivity index (χ1n) is 23.3. The van der Waals surface area contributed by atoms with Crippen LogP contribution in [0.15, 0.2) is 218 Å². The summed E-state index contributed by atoms with van der Waals surface area (Å²) in [5, 5.41) is 0. The van der Waals surface area contributed by atoms with Gasteiger partial charge >= 0.3 is 21.4 Å². The molecule has 70 heavy (non-hydrogen) atoms. The van der Waals surface area contributed by atoms with Gasteiger partial charge in [-0.05, 0) is 106 Å². The van der Waals surface area contributed by atoms with Gasteiger partial charge in [0.1, 0.15) is 34.5 Å². The molecule has 0 spiro atoms. The van der Waals surface area contributed by atoms with E-state index in [1.165, 1.54) is 0 Å². The van der Waals surface area contributed by atoms with E-state index in [2.05, 4.69) is 187 Å². The molecular weight excluding hydrogens is 863 g/mol. The van der Waals surface area contributed by atoms with Gasteiger partial charge in [-0.1, -0.05) is 182 Å². The Hall–Kier alpha value is -9.01. The minimum absolute atomic E-state index is 0.445. The highest BCUT2D eigenvalue weighted by atomic mass is 16.6. The zero-order chi connectivity index (χ0) is 46.6. The molecule has 10 heteroatoms. The SMILES string of the molecule is C(=C\c1ccc(N(c2ccc(/C=C/c3ccc(B4Oc5ccccc5O4)cc3)cc2)c2ccc(/C=C/c3ccc(B4Oc5ccccc5O4)cc3)cc2)cc1)/c1ccc(B2Oc3ccccc3O2)cc1. The van der Waals surface area contributed by atoms with E-state index in [1.807, 2.05) is 72.8 Å². The van der Waals surface area contributed by atoms with E-state index < -0.39 is 21.4 Å². The van der Waals surface area contributed by atoms with Gasteiger partial charge in [-0.15, -0.1) is 0 Å². The maximum atomic E-state index is 6.01. The molecule has 0 aromatic heterocycles. The Morgan fingerprint density at radius 3 is 0.614 bits per heavy atom. The predicted octanol–water partition coefficient (Wildman–Crippen LogP) is 12.2. The molecule has 12 rings (SSSR count). The van der Waals surface area contributed by atoms with E-state index in [0.29, 0.717) is 0 Å². The molecule has 332 valence electrons. The van der Waals surface area contributed by atoms with Crippen LogP contribution in [0.25, 0.3) is 36.5 Å². The van der Waals surface area contributed by atoms with Crippen LogP contribution >= 0.6 is 0 Å². The molecule has 0 unspecified atom stereocenters. The van der Waals surface area contributed by atoms with Crippen LogP contribution in [-0.2, 0) is 0 Å². The summed E-state index contributed by atoms with van der Waals surface area (Å²) in [5.41, 5.74) is 12.6. The molecular formula is C60H42B3NO6. The van der Waals surface area contributed by atoms with E-state index >= 15 is 0 Å². The molecule has 0 atom stereocenters. The predicted molar refractivity (Wildman–Crippen MR) is 286 cm³/mol. The molecule has 0 bridgehead atoms. The standard InChI is InChI=1S/C60H42B3NO6/c1-2-8-56-55(7-1)65-61(66-56)49-31-19-43(20-32-49)13-16-46-25-37-52(38-26-46)64(53-39-27-47(28-40-53)17-14-44-21-33-50(34-22-44)62-67-57-9-3-4-10-58(57)68-62)54-41-29-48(30-42-54)18-15-45-23-35-51(36-24-45)63-69-59-11-5-6-12-60(59)70-63/h1-42H/b16-13+,17-14+,18-15+. The van der Waals surface area contributed by atoms with Crippen LogP contribution in [0.3, 0.4) is 0 Å². The normalized spacial score (nSPS) is 13.3. The van der Waals surface area contributed by atoms with Crippen molar-refractivity contribution in [3.63, 3.8) is 0 Å². The molecule has 3 aliphatic rings. The first kappa shape index (κ1) is 42.4. The van der Waals surface area contributed by atoms with Crippen LogP contribution in [0.4, 0.5) is 17.1 Å². The Kier molecular flexibility index (Phi) is 11.5. The maximum absolute atomic E-state index is 6.01. The Balaban J connectivity index is 0.748. The number of benzene rings is 9. The van der Waals surface area contributed by atoms with E-state index in [4.69, 9.17) is 27.9 Å². The smallest absolute Gasteiger partial charge is 0.519 e. The topological polar surface area (TPSA) is 58.6 Å². The number of hydrogen-bond donors (Lipinski definition) is 0. The molecule has 0 aliphatic carbocycles. The van der Waals surface area contributed by atoms with Gasteiger partial charge in [0, 0.05) is 33.5 Å². The molecule has 0 saturated heterocycles. The largest absolute Gasteiger partial charge is 0.632 e. The monoisotopic (exact) mass is 905 g/mol. The van der Waals surface area contributed by atoms with Gasteiger partial charge in [0.15, 0.2) is 0 Å². The number of para-hydroxylation sites is 6. The molecule has 9 aromatic rings. The van der Waals surface area contributed by atoms with Gasteiger partial charge < -0.3 is 32.8 Å². The van der Waals surface area contributed by atoms with Gasteiger partial charge in [-0.25, -0.2) is 0 Å². The van der Waals surface area contributed by atoms with Crippen molar-refractivity contribution in [2.75, 3.05) is 4.90 Å². The summed E-state index contributed by atoms with van der Waals surface area (Å²) in [6.07, 6.45) is 12.8. The van der Waals surface area contributed by atoms with Crippen molar-refractivity contribution >= 4 is 91.3 Å². The summed E-state index contributed by atoms with van der Waals surface area (Å²) in [7, 11) is -1.33. The van der Waals surface area contributed by atoms with E-state index in [9.17, 15) is 0 Å². The summed E-state index contributed by atoms with van der Waals surface area (Å²) in [6.45, 7) is 0. The van der Waals surface area contributed by atoms with Crippen LogP contribution in [0, 0.1) is 0 Å². The summed E-state index contributed by atoms with van der Waals surface area (Å²) in [4.78, 5) is 2.28. The third kappa shape index (κ3) is 9.18. The second-order valence-electron chi connectivity index (χ2n) is 17.2. The van der Waals surface area contributed by atoms with Gasteiger partial charge in [-0.3, -0.25) is 0 Å².